The van der Waals surface area contributed by atoms with E-state index in [2.05, 4.69) is 10.2 Å². The van der Waals surface area contributed by atoms with Crippen LogP contribution >= 0.6 is 0 Å². The number of nitrogens with zero attached hydrogens (tertiary/aromatic N) is 2. The third-order valence-corrected chi connectivity index (χ3v) is 5.07. The first-order chi connectivity index (χ1) is 12.4. The summed E-state index contributed by atoms with van der Waals surface area (Å²) in [4.78, 5) is 16.4. The van der Waals surface area contributed by atoms with Gasteiger partial charge in [-0.05, 0) is 24.5 Å². The average Bonchev–Trinajstić information content (AvgIpc) is 2.66. The van der Waals surface area contributed by atoms with Gasteiger partial charge in [0.05, 0.1) is 18.8 Å². The molecule has 0 unspecified atom stereocenters. The summed E-state index contributed by atoms with van der Waals surface area (Å²) in [6.07, 6.45) is -2.66. The number of nitrogens with one attached hydrogen (secondary N) is 1. The summed E-state index contributed by atoms with van der Waals surface area (Å²) in [5.74, 6) is 0. The first-order valence-electron chi connectivity index (χ1n) is 8.95. The molecule has 3 rings (SSSR count). The fraction of sp³-hybridized carbons (Fsp3) is 0.611. The Morgan fingerprint density at radius 2 is 1.77 bits per heavy atom. The van der Waals surface area contributed by atoms with Crippen molar-refractivity contribution in [2.45, 2.75) is 31.6 Å². The zero-order valence-corrected chi connectivity index (χ0v) is 14.6. The molecular weight excluding hydrogens is 347 g/mol. The van der Waals surface area contributed by atoms with Gasteiger partial charge in [-0.1, -0.05) is 18.2 Å². The molecule has 0 spiro atoms. The zero-order chi connectivity index (χ0) is 18.6. The number of likely N-dealkylation sites (tertiary alicyclic amines) is 1. The monoisotopic (exact) mass is 371 g/mol. The second-order valence-corrected chi connectivity index (χ2v) is 6.68. The molecule has 0 aromatic heterocycles. The quantitative estimate of drug-likeness (QED) is 0.889. The smallest absolute Gasteiger partial charge is 0.379 e. The van der Waals surface area contributed by atoms with Crippen molar-refractivity contribution in [3.8, 4) is 0 Å². The van der Waals surface area contributed by atoms with E-state index >= 15 is 0 Å². The zero-order valence-electron chi connectivity index (χ0n) is 14.6. The number of alkyl halides is 3. The number of rotatable bonds is 3. The standard InChI is InChI=1S/C18H24F3N3O2/c19-18(20,21)16-4-2-1-3-14(16)13-22-17(25)24-7-5-15(6-8-24)23-9-11-26-12-10-23/h1-4,15H,5-13H2,(H,22,25). The molecule has 0 saturated carbocycles. The van der Waals surface area contributed by atoms with E-state index in [1.54, 1.807) is 11.0 Å². The maximum absolute atomic E-state index is 13.0. The number of urea groups is 1. The van der Waals surface area contributed by atoms with Gasteiger partial charge in [-0.3, -0.25) is 4.90 Å². The fourth-order valence-electron chi connectivity index (χ4n) is 3.61. The van der Waals surface area contributed by atoms with Crippen molar-refractivity contribution in [3.05, 3.63) is 35.4 Å². The number of amides is 2. The first kappa shape index (κ1) is 19.0. The van der Waals surface area contributed by atoms with Gasteiger partial charge in [0.15, 0.2) is 0 Å². The van der Waals surface area contributed by atoms with Crippen molar-refractivity contribution in [2.75, 3.05) is 39.4 Å². The number of carbonyl (C=O) groups excluding carboxylic acids is 1. The molecule has 5 nitrogen and oxygen atoms in total. The molecule has 1 aromatic carbocycles. The van der Waals surface area contributed by atoms with Crippen LogP contribution in [0, 0.1) is 0 Å². The third kappa shape index (κ3) is 4.67. The first-order valence-corrected chi connectivity index (χ1v) is 8.95. The maximum Gasteiger partial charge on any atom is 0.416 e. The number of carbonyl (C=O) groups is 1. The minimum absolute atomic E-state index is 0.0801. The van der Waals surface area contributed by atoms with Gasteiger partial charge in [-0.25, -0.2) is 4.79 Å². The van der Waals surface area contributed by atoms with E-state index in [-0.39, 0.29) is 18.1 Å². The second-order valence-electron chi connectivity index (χ2n) is 6.68. The Labute approximate surface area is 151 Å². The van der Waals surface area contributed by atoms with Crippen molar-refractivity contribution in [3.63, 3.8) is 0 Å². The molecule has 144 valence electrons. The number of hydrogen-bond acceptors (Lipinski definition) is 3. The molecule has 2 heterocycles. The van der Waals surface area contributed by atoms with Crippen LogP contribution in [0.25, 0.3) is 0 Å². The summed E-state index contributed by atoms with van der Waals surface area (Å²) in [6.45, 7) is 4.45. The summed E-state index contributed by atoms with van der Waals surface area (Å²) >= 11 is 0. The van der Waals surface area contributed by atoms with Crippen LogP contribution in [-0.4, -0.2) is 61.3 Å². The predicted molar refractivity (Wildman–Crippen MR) is 90.7 cm³/mol. The van der Waals surface area contributed by atoms with Crippen molar-refractivity contribution in [1.29, 1.82) is 0 Å². The number of halogens is 3. The van der Waals surface area contributed by atoms with Crippen molar-refractivity contribution < 1.29 is 22.7 Å². The highest BCUT2D eigenvalue weighted by atomic mass is 19.4. The summed E-state index contributed by atoms with van der Waals surface area (Å²) in [5.41, 5.74) is -0.622. The summed E-state index contributed by atoms with van der Waals surface area (Å²) < 4.78 is 44.4. The molecule has 1 aromatic rings. The molecule has 0 aliphatic carbocycles. The van der Waals surface area contributed by atoms with Gasteiger partial charge < -0.3 is 15.0 Å². The van der Waals surface area contributed by atoms with Crippen LogP contribution in [0.15, 0.2) is 24.3 Å². The minimum Gasteiger partial charge on any atom is -0.379 e. The second kappa shape index (κ2) is 8.26. The molecule has 0 bridgehead atoms. The van der Waals surface area contributed by atoms with E-state index in [1.165, 1.54) is 12.1 Å². The Kier molecular flexibility index (Phi) is 6.03. The number of hydrogen-bond donors (Lipinski definition) is 1. The topological polar surface area (TPSA) is 44.8 Å². The summed E-state index contributed by atoms with van der Waals surface area (Å²) in [6, 6.07) is 5.48. The summed E-state index contributed by atoms with van der Waals surface area (Å²) in [7, 11) is 0. The molecule has 2 aliphatic rings. The van der Waals surface area contributed by atoms with Crippen LogP contribution in [-0.2, 0) is 17.5 Å². The van der Waals surface area contributed by atoms with Gasteiger partial charge in [0.25, 0.3) is 0 Å². The Hall–Kier alpha value is -1.80. The van der Waals surface area contributed by atoms with Crippen molar-refractivity contribution in [1.82, 2.24) is 15.1 Å². The van der Waals surface area contributed by atoms with Gasteiger partial charge in [0, 0.05) is 38.8 Å². The van der Waals surface area contributed by atoms with Crippen LogP contribution < -0.4 is 5.32 Å². The molecule has 2 fully saturated rings. The molecule has 2 amide bonds. The molecule has 0 atom stereocenters. The molecule has 26 heavy (non-hydrogen) atoms. The number of piperidine rings is 1. The van der Waals surface area contributed by atoms with E-state index in [0.717, 1.165) is 45.2 Å². The van der Waals surface area contributed by atoms with E-state index in [0.29, 0.717) is 19.1 Å². The Balaban J connectivity index is 1.49. The van der Waals surface area contributed by atoms with Crippen LogP contribution in [0.2, 0.25) is 0 Å². The van der Waals surface area contributed by atoms with E-state index in [9.17, 15) is 18.0 Å². The van der Waals surface area contributed by atoms with Crippen LogP contribution in [0.5, 0.6) is 0 Å². The lowest BCUT2D eigenvalue weighted by atomic mass is 10.0. The van der Waals surface area contributed by atoms with Gasteiger partial charge in [-0.15, -0.1) is 0 Å². The van der Waals surface area contributed by atoms with E-state index in [1.807, 2.05) is 0 Å². The lowest BCUT2D eigenvalue weighted by Crippen LogP contribution is -2.51. The maximum atomic E-state index is 13.0. The van der Waals surface area contributed by atoms with Gasteiger partial charge in [-0.2, -0.15) is 13.2 Å². The van der Waals surface area contributed by atoms with Crippen molar-refractivity contribution >= 4 is 6.03 Å². The normalized spacial score (nSPS) is 20.2. The lowest BCUT2D eigenvalue weighted by Gasteiger charge is -2.40. The van der Waals surface area contributed by atoms with E-state index < -0.39 is 11.7 Å². The SMILES string of the molecule is O=C(NCc1ccccc1C(F)(F)F)N1CCC(N2CCOCC2)CC1. The van der Waals surface area contributed by atoms with Crippen LogP contribution in [0.1, 0.15) is 24.0 Å². The molecule has 1 N–H and O–H groups in total. The number of morpholine rings is 1. The van der Waals surface area contributed by atoms with Gasteiger partial charge in [0.1, 0.15) is 0 Å². The highest BCUT2D eigenvalue weighted by molar-refractivity contribution is 5.74. The molecular formula is C18H24F3N3O2. The number of ether oxygens (including phenoxy) is 1. The Morgan fingerprint density at radius 1 is 1.12 bits per heavy atom. The van der Waals surface area contributed by atoms with Crippen molar-refractivity contribution in [2.24, 2.45) is 0 Å². The molecule has 8 heteroatoms. The van der Waals surface area contributed by atoms with Crippen LogP contribution in [0.3, 0.4) is 0 Å². The third-order valence-electron chi connectivity index (χ3n) is 5.07. The van der Waals surface area contributed by atoms with Gasteiger partial charge >= 0.3 is 12.2 Å². The summed E-state index contributed by atoms with van der Waals surface area (Å²) in [5, 5.41) is 2.63. The number of benzene rings is 1. The highest BCUT2D eigenvalue weighted by Crippen LogP contribution is 2.31. The predicted octanol–water partition coefficient (Wildman–Crippen LogP) is 2.71. The molecule has 2 saturated heterocycles. The lowest BCUT2D eigenvalue weighted by molar-refractivity contribution is -0.138. The van der Waals surface area contributed by atoms with Crippen LogP contribution in [0.4, 0.5) is 18.0 Å². The Morgan fingerprint density at radius 3 is 2.42 bits per heavy atom. The minimum atomic E-state index is -4.42. The largest absolute Gasteiger partial charge is 0.416 e. The fourth-order valence-corrected chi connectivity index (χ4v) is 3.61. The van der Waals surface area contributed by atoms with E-state index in [4.69, 9.17) is 4.74 Å². The average molecular weight is 371 g/mol. The van der Waals surface area contributed by atoms with Gasteiger partial charge in [0.2, 0.25) is 0 Å². The Bertz CT molecular complexity index is 610. The highest BCUT2D eigenvalue weighted by Gasteiger charge is 2.33. The molecule has 0 radical (unpaired) electrons. The molecule has 2 aliphatic heterocycles.